The summed E-state index contributed by atoms with van der Waals surface area (Å²) in [5.41, 5.74) is -1.75. The summed E-state index contributed by atoms with van der Waals surface area (Å²) >= 11 is 13.8. The van der Waals surface area contributed by atoms with Crippen LogP contribution in [-0.4, -0.2) is 113 Å². The van der Waals surface area contributed by atoms with Crippen LogP contribution in [-0.2, 0) is 9.59 Å². The number of anilines is 2. The number of phenolic OH excluding ortho intramolecular Hbond substituents is 2. The van der Waals surface area contributed by atoms with E-state index in [0.29, 0.717) is 87.6 Å². The van der Waals surface area contributed by atoms with Crippen LogP contribution in [0.15, 0.2) is 82.9 Å². The number of phenols is 2. The molecule has 2 aromatic carbocycles. The van der Waals surface area contributed by atoms with Crippen LogP contribution < -0.4 is 21.2 Å². The zero-order valence-corrected chi connectivity index (χ0v) is 44.4. The highest BCUT2D eigenvalue weighted by Gasteiger charge is 2.41. The van der Waals surface area contributed by atoms with Crippen LogP contribution in [0.25, 0.3) is 44.6 Å². The van der Waals surface area contributed by atoms with Gasteiger partial charge in [-0.3, -0.25) is 18.7 Å². The fraction of sp³-hybridized carbons (Fsp3) is 0.429. The molecular formula is C56H60Cl2F2N10O6. The lowest BCUT2D eigenvalue weighted by Crippen LogP contribution is -2.49. The lowest BCUT2D eigenvalue weighted by atomic mass is 9.69. The Labute approximate surface area is 447 Å². The molecule has 16 nitrogen and oxygen atoms in total. The molecule has 2 amide bonds. The Hall–Kier alpha value is -6.92. The second kappa shape index (κ2) is 20.6. The predicted molar refractivity (Wildman–Crippen MR) is 290 cm³/mol. The summed E-state index contributed by atoms with van der Waals surface area (Å²) in [4.78, 5) is 81.7. The van der Waals surface area contributed by atoms with Crippen molar-refractivity contribution in [3.63, 3.8) is 0 Å². The van der Waals surface area contributed by atoms with Crippen LogP contribution >= 0.6 is 23.2 Å². The number of piperazine rings is 2. The Morgan fingerprint density at radius 3 is 1.61 bits per heavy atom. The van der Waals surface area contributed by atoms with Gasteiger partial charge in [0.25, 0.3) is 0 Å². The Kier molecular flexibility index (Phi) is 14.2. The first-order valence-corrected chi connectivity index (χ1v) is 26.6. The van der Waals surface area contributed by atoms with Gasteiger partial charge in [-0.25, -0.2) is 28.3 Å². The van der Waals surface area contributed by atoms with Gasteiger partial charge in [0.2, 0.25) is 11.8 Å². The van der Waals surface area contributed by atoms with Crippen molar-refractivity contribution in [2.75, 3.05) is 62.2 Å². The van der Waals surface area contributed by atoms with Crippen molar-refractivity contribution in [2.45, 2.75) is 84.7 Å². The van der Waals surface area contributed by atoms with Crippen molar-refractivity contribution < 1.29 is 28.6 Å². The third-order valence-corrected chi connectivity index (χ3v) is 16.8. The standard InChI is InChI=1S/C56H60Cl2F2N10O6/c1-6-43(73)65-21-25-67(26-22-65)50-34-31-36(58)48(46-38(60)12-10-14-40(46)72)62-52(34)70(54(76)64-50)42-29-32(18-20-56(42,4)5)16-17-44(74)66-23-27-68(28-24-66)49-33-30-35(57)47(45-37(59)11-9-13-39(45)71)61-51(33)69(53(75)63-49)41-15-7-8-19-55(41,2)3/h6,9-14,16-17,30-32,41-42,71-72H,1,7-8,15,18-29H2,2-5H3/t32?,41-,42+/m1/s1. The van der Waals surface area contributed by atoms with Gasteiger partial charge in [0.15, 0.2) is 0 Å². The molecule has 0 spiro atoms. The van der Waals surface area contributed by atoms with Gasteiger partial charge >= 0.3 is 11.4 Å². The van der Waals surface area contributed by atoms with E-state index >= 15 is 8.78 Å². The van der Waals surface area contributed by atoms with Gasteiger partial charge < -0.3 is 29.8 Å². The minimum atomic E-state index is -0.746. The highest BCUT2D eigenvalue weighted by atomic mass is 35.5. The average molecular weight is 1080 g/mol. The molecule has 76 heavy (non-hydrogen) atoms. The summed E-state index contributed by atoms with van der Waals surface area (Å²) in [7, 11) is 0. The second-order valence-corrected chi connectivity index (χ2v) is 22.6. The monoisotopic (exact) mass is 1080 g/mol. The summed E-state index contributed by atoms with van der Waals surface area (Å²) < 4.78 is 34.0. The van der Waals surface area contributed by atoms with Crippen LogP contribution in [0.3, 0.4) is 0 Å². The third-order valence-electron chi connectivity index (χ3n) is 16.3. The highest BCUT2D eigenvalue weighted by Crippen LogP contribution is 2.49. The molecule has 3 atom stereocenters. The average Bonchev–Trinajstić information content (AvgIpc) is 3.40. The number of carbonyl (C=O) groups is 2. The molecule has 10 rings (SSSR count). The molecule has 2 aliphatic heterocycles. The van der Waals surface area contributed by atoms with Crippen molar-refractivity contribution in [1.29, 1.82) is 0 Å². The van der Waals surface area contributed by atoms with Gasteiger partial charge in [-0.2, -0.15) is 9.97 Å². The number of hydrogen-bond donors (Lipinski definition) is 2. The molecule has 6 heterocycles. The maximum Gasteiger partial charge on any atom is 0.351 e. The van der Waals surface area contributed by atoms with Gasteiger partial charge in [-0.05, 0) is 97.4 Å². The Bertz CT molecular complexity index is 3440. The van der Waals surface area contributed by atoms with Gasteiger partial charge in [0.1, 0.15) is 46.1 Å². The molecule has 0 bridgehead atoms. The molecule has 0 radical (unpaired) electrons. The summed E-state index contributed by atoms with van der Waals surface area (Å²) in [5, 5.41) is 22.7. The van der Waals surface area contributed by atoms with Crippen LogP contribution in [0.2, 0.25) is 10.0 Å². The summed E-state index contributed by atoms with van der Waals surface area (Å²) in [6, 6.07) is 10.4. The number of amides is 2. The molecular weight excluding hydrogens is 1020 g/mol. The quantitative estimate of drug-likeness (QED) is 0.131. The summed E-state index contributed by atoms with van der Waals surface area (Å²) in [6.45, 7) is 14.7. The SMILES string of the molecule is C=CC(=O)N1CCN(c2nc(=O)n([C@H]3CC(C=CC(=O)N4CCN(c5nc(=O)n([C@@H]6CCCCC6(C)C)c6nc(-c7c(O)cccc7F)c(Cl)cc56)CC4)CCC3(C)C)c3nc(-c4c(O)cccc4F)c(Cl)cc23)CC1. The Balaban J connectivity index is 0.922. The fourth-order valence-corrected chi connectivity index (χ4v) is 12.4. The maximum absolute atomic E-state index is 15.5. The molecule has 2 saturated carbocycles. The molecule has 2 saturated heterocycles. The van der Waals surface area contributed by atoms with Crippen molar-refractivity contribution in [3.8, 4) is 34.0 Å². The molecule has 6 aromatic rings. The van der Waals surface area contributed by atoms with Crippen LogP contribution in [0.1, 0.15) is 84.7 Å². The van der Waals surface area contributed by atoms with Gasteiger partial charge in [0, 0.05) is 64.4 Å². The van der Waals surface area contributed by atoms with E-state index < -0.39 is 34.5 Å². The van der Waals surface area contributed by atoms with E-state index in [4.69, 9.17) is 33.2 Å². The van der Waals surface area contributed by atoms with Crippen molar-refractivity contribution in [1.82, 2.24) is 38.9 Å². The highest BCUT2D eigenvalue weighted by molar-refractivity contribution is 6.34. The maximum atomic E-state index is 15.5. The Morgan fingerprint density at radius 1 is 0.658 bits per heavy atom. The number of carbonyl (C=O) groups excluding carboxylic acids is 2. The van der Waals surface area contributed by atoms with E-state index in [9.17, 15) is 29.4 Å². The van der Waals surface area contributed by atoms with E-state index in [1.807, 2.05) is 15.9 Å². The number of aromatic nitrogens is 6. The summed E-state index contributed by atoms with van der Waals surface area (Å²) in [5.74, 6) is -2.04. The molecule has 20 heteroatoms. The van der Waals surface area contributed by atoms with Gasteiger partial charge in [-0.1, -0.05) is 88.5 Å². The predicted octanol–water partition coefficient (Wildman–Crippen LogP) is 9.47. The number of halogens is 4. The van der Waals surface area contributed by atoms with E-state index in [-0.39, 0.29) is 84.5 Å². The zero-order chi connectivity index (χ0) is 54.0. The number of hydrogen-bond acceptors (Lipinski definition) is 12. The number of fused-ring (bicyclic) bond motifs is 2. The van der Waals surface area contributed by atoms with Crippen molar-refractivity contribution >= 4 is 68.7 Å². The fourth-order valence-electron chi connectivity index (χ4n) is 11.9. The van der Waals surface area contributed by atoms with Gasteiger partial charge in [-0.15, -0.1) is 0 Å². The topological polar surface area (TPSA) is 183 Å². The minimum Gasteiger partial charge on any atom is -0.507 e. The molecule has 4 fully saturated rings. The molecule has 1 unspecified atom stereocenters. The van der Waals surface area contributed by atoms with Crippen LogP contribution in [0.5, 0.6) is 11.5 Å². The number of pyridine rings is 2. The normalized spacial score (nSPS) is 20.9. The molecule has 4 aromatic heterocycles. The van der Waals surface area contributed by atoms with Crippen molar-refractivity contribution in [3.05, 3.63) is 116 Å². The number of nitrogens with zero attached hydrogens (tertiary/aromatic N) is 10. The Morgan fingerprint density at radius 2 is 1.13 bits per heavy atom. The smallest absolute Gasteiger partial charge is 0.351 e. The van der Waals surface area contributed by atoms with Crippen LogP contribution in [0, 0.1) is 28.4 Å². The van der Waals surface area contributed by atoms with Crippen molar-refractivity contribution in [2.24, 2.45) is 16.7 Å². The van der Waals surface area contributed by atoms with Gasteiger partial charge in [0.05, 0.1) is 43.3 Å². The second-order valence-electron chi connectivity index (χ2n) is 21.8. The molecule has 2 N–H and O–H groups in total. The van der Waals surface area contributed by atoms with E-state index in [0.717, 1.165) is 32.1 Å². The molecule has 4 aliphatic rings. The van der Waals surface area contributed by atoms with E-state index in [1.54, 1.807) is 37.1 Å². The number of rotatable bonds is 9. The molecule has 2 aliphatic carbocycles. The van der Waals surface area contributed by atoms with Crippen LogP contribution in [0.4, 0.5) is 20.4 Å². The summed E-state index contributed by atoms with van der Waals surface area (Å²) in [6.07, 6.45) is 10.1. The third kappa shape index (κ3) is 9.67. The minimum absolute atomic E-state index is 0.00949. The number of benzene rings is 2. The zero-order valence-electron chi connectivity index (χ0n) is 42.9. The largest absolute Gasteiger partial charge is 0.507 e. The van der Waals surface area contributed by atoms with E-state index in [1.165, 1.54) is 42.5 Å². The lowest BCUT2D eigenvalue weighted by Gasteiger charge is -2.43. The van der Waals surface area contributed by atoms with E-state index in [2.05, 4.69) is 44.2 Å². The number of allylic oxidation sites excluding steroid dienone is 1. The number of aromatic hydroxyl groups is 2. The molecule has 398 valence electrons. The lowest BCUT2D eigenvalue weighted by molar-refractivity contribution is -0.127. The first-order chi connectivity index (χ1) is 36.3. The first-order valence-electron chi connectivity index (χ1n) is 25.9. The first kappa shape index (κ1) is 52.5.